The monoisotopic (exact) mass is 359 g/mol. The largest absolute Gasteiger partial charge is 0.312 e. The number of carbonyl (C=O) groups excluding carboxylic acids is 1. The van der Waals surface area contributed by atoms with Crippen LogP contribution in [0, 0.1) is 13.8 Å². The van der Waals surface area contributed by atoms with Crippen LogP contribution in [0.2, 0.25) is 0 Å². The van der Waals surface area contributed by atoms with E-state index in [0.717, 1.165) is 16.7 Å². The van der Waals surface area contributed by atoms with E-state index in [0.29, 0.717) is 12.2 Å². The second-order valence-corrected chi connectivity index (χ2v) is 8.62. The second kappa shape index (κ2) is 7.83. The number of hydrogen-bond acceptors (Lipinski definition) is 3. The highest BCUT2D eigenvalue weighted by Crippen LogP contribution is 2.20. The van der Waals surface area contributed by atoms with Gasteiger partial charge >= 0.3 is 0 Å². The Bertz CT molecular complexity index is 844. The van der Waals surface area contributed by atoms with Crippen LogP contribution in [0.4, 0.5) is 5.69 Å². The number of rotatable bonds is 6. The summed E-state index contributed by atoms with van der Waals surface area (Å²) in [6, 6.07) is 14.9. The van der Waals surface area contributed by atoms with Gasteiger partial charge in [-0.2, -0.15) is 0 Å². The fourth-order valence-electron chi connectivity index (χ4n) is 2.74. The number of aryl methyl sites for hydroxylation is 2. The van der Waals surface area contributed by atoms with E-state index in [1.165, 1.54) is 11.8 Å². The lowest BCUT2D eigenvalue weighted by molar-refractivity contribution is -0.117. The molecule has 0 aliphatic rings. The van der Waals surface area contributed by atoms with Gasteiger partial charge in [-0.25, -0.2) is 8.42 Å². The van der Waals surface area contributed by atoms with Gasteiger partial charge in [0.2, 0.25) is 5.91 Å². The summed E-state index contributed by atoms with van der Waals surface area (Å²) in [5.74, 6) is -0.515. The van der Waals surface area contributed by atoms with Crippen LogP contribution in [0.3, 0.4) is 0 Å². The number of benzene rings is 2. The predicted octanol–water partition coefficient (Wildman–Crippen LogP) is 3.66. The zero-order chi connectivity index (χ0) is 18.6. The summed E-state index contributed by atoms with van der Waals surface area (Å²) in [6.07, 6.45) is 0. The van der Waals surface area contributed by atoms with Gasteiger partial charge in [0.15, 0.2) is 9.84 Å². The van der Waals surface area contributed by atoms with Crippen LogP contribution in [0.25, 0.3) is 0 Å². The van der Waals surface area contributed by atoms with Crippen LogP contribution in [0.5, 0.6) is 0 Å². The minimum absolute atomic E-state index is 0.125. The van der Waals surface area contributed by atoms with Crippen molar-refractivity contribution in [2.75, 3.05) is 11.4 Å². The number of para-hydroxylation sites is 1. The Balaban J connectivity index is 2.26. The van der Waals surface area contributed by atoms with E-state index in [9.17, 15) is 13.2 Å². The number of sulfone groups is 1. The normalized spacial score (nSPS) is 12.6. The summed E-state index contributed by atoms with van der Waals surface area (Å²) >= 11 is 0. The second-order valence-electron chi connectivity index (χ2n) is 6.30. The van der Waals surface area contributed by atoms with Crippen molar-refractivity contribution in [3.63, 3.8) is 0 Å². The molecule has 0 heterocycles. The van der Waals surface area contributed by atoms with Gasteiger partial charge in [-0.3, -0.25) is 4.79 Å². The topological polar surface area (TPSA) is 54.5 Å². The molecule has 0 radical (unpaired) electrons. The Morgan fingerprint density at radius 2 is 1.72 bits per heavy atom. The maximum absolute atomic E-state index is 12.8. The van der Waals surface area contributed by atoms with Crippen molar-refractivity contribution >= 4 is 21.4 Å². The number of anilines is 1. The van der Waals surface area contributed by atoms with Crippen LogP contribution < -0.4 is 4.90 Å². The molecule has 0 fully saturated rings. The van der Waals surface area contributed by atoms with Gasteiger partial charge < -0.3 is 4.90 Å². The third-order valence-corrected chi connectivity index (χ3v) is 6.39. The Hall–Kier alpha value is -2.14. The Morgan fingerprint density at radius 3 is 2.32 bits per heavy atom. The zero-order valence-corrected chi connectivity index (χ0v) is 16.0. The molecule has 25 heavy (non-hydrogen) atoms. The summed E-state index contributed by atoms with van der Waals surface area (Å²) in [5.41, 5.74) is 3.39. The molecule has 1 atom stereocenters. The molecule has 0 spiro atoms. The molecule has 2 aromatic carbocycles. The van der Waals surface area contributed by atoms with E-state index in [2.05, 4.69) is 0 Å². The first-order valence-electron chi connectivity index (χ1n) is 8.40. The molecule has 5 heteroatoms. The molecule has 0 aliphatic heterocycles. The van der Waals surface area contributed by atoms with Crippen molar-refractivity contribution in [2.45, 2.75) is 38.7 Å². The fourth-order valence-corrected chi connectivity index (χ4v) is 4.17. The zero-order valence-electron chi connectivity index (χ0n) is 15.2. The molecule has 0 N–H and O–H groups in total. The quantitative estimate of drug-likeness (QED) is 0.791. The first kappa shape index (κ1) is 19.2. The highest BCUT2D eigenvalue weighted by atomic mass is 32.2. The Kier molecular flexibility index (Phi) is 6.01. The minimum atomic E-state index is -3.61. The first-order valence-corrected chi connectivity index (χ1v) is 10.1. The van der Waals surface area contributed by atoms with Gasteiger partial charge in [-0.05, 0) is 51.0 Å². The molecule has 0 saturated heterocycles. The highest BCUT2D eigenvalue weighted by Gasteiger charge is 2.32. The van der Waals surface area contributed by atoms with E-state index in [-0.39, 0.29) is 11.7 Å². The highest BCUT2D eigenvalue weighted by molar-refractivity contribution is 7.92. The molecule has 2 rings (SSSR count). The van der Waals surface area contributed by atoms with Crippen molar-refractivity contribution in [2.24, 2.45) is 0 Å². The molecule has 0 saturated carbocycles. The van der Waals surface area contributed by atoms with Crippen LogP contribution in [0.15, 0.2) is 48.5 Å². The Morgan fingerprint density at radius 1 is 1.08 bits per heavy atom. The summed E-state index contributed by atoms with van der Waals surface area (Å²) in [6.45, 7) is 7.56. The lowest BCUT2D eigenvalue weighted by atomic mass is 10.1. The van der Waals surface area contributed by atoms with Crippen LogP contribution >= 0.6 is 0 Å². The summed E-state index contributed by atoms with van der Waals surface area (Å²) in [5, 5.41) is -1.09. The summed E-state index contributed by atoms with van der Waals surface area (Å²) in [7, 11) is -3.61. The van der Waals surface area contributed by atoms with E-state index in [4.69, 9.17) is 0 Å². The van der Waals surface area contributed by atoms with Crippen molar-refractivity contribution < 1.29 is 13.2 Å². The number of carbonyl (C=O) groups is 1. The molecule has 134 valence electrons. The Labute approximate surface area is 150 Å². The number of amides is 1. The van der Waals surface area contributed by atoms with E-state index < -0.39 is 15.1 Å². The van der Waals surface area contributed by atoms with Crippen molar-refractivity contribution in [3.8, 4) is 0 Å². The van der Waals surface area contributed by atoms with Gasteiger partial charge in [0.05, 0.1) is 5.75 Å². The maximum Gasteiger partial charge on any atom is 0.245 e. The molecular formula is C20H25NO3S. The molecular weight excluding hydrogens is 334 g/mol. The third kappa shape index (κ3) is 4.48. The predicted molar refractivity (Wildman–Crippen MR) is 102 cm³/mol. The lowest BCUT2D eigenvalue weighted by Gasteiger charge is -2.24. The lowest BCUT2D eigenvalue weighted by Crippen LogP contribution is -2.42. The molecule has 4 nitrogen and oxygen atoms in total. The van der Waals surface area contributed by atoms with E-state index >= 15 is 0 Å². The average Bonchev–Trinajstić information content (AvgIpc) is 2.58. The standard InChI is InChI=1S/C20H25NO3S/c1-5-21(19-9-7-6-8-10-19)20(22)17(4)25(23,24)14-18-13-15(2)11-12-16(18)3/h6-13,17H,5,14H2,1-4H3/t17-/m0/s1. The summed E-state index contributed by atoms with van der Waals surface area (Å²) in [4.78, 5) is 14.3. The van der Waals surface area contributed by atoms with Crippen molar-refractivity contribution in [1.82, 2.24) is 0 Å². The SMILES string of the molecule is CCN(C(=O)[C@H](C)S(=O)(=O)Cc1cc(C)ccc1C)c1ccccc1. The number of nitrogens with zero attached hydrogens (tertiary/aromatic N) is 1. The minimum Gasteiger partial charge on any atom is -0.312 e. The number of hydrogen-bond donors (Lipinski definition) is 0. The average molecular weight is 359 g/mol. The first-order chi connectivity index (χ1) is 11.8. The van der Waals surface area contributed by atoms with Crippen LogP contribution in [-0.4, -0.2) is 26.1 Å². The molecule has 0 bridgehead atoms. The van der Waals surface area contributed by atoms with Crippen molar-refractivity contribution in [3.05, 3.63) is 65.2 Å². The summed E-state index contributed by atoms with van der Waals surface area (Å²) < 4.78 is 25.6. The van der Waals surface area contributed by atoms with Crippen LogP contribution in [-0.2, 0) is 20.4 Å². The smallest absolute Gasteiger partial charge is 0.245 e. The van der Waals surface area contributed by atoms with Crippen molar-refractivity contribution in [1.29, 1.82) is 0 Å². The molecule has 0 aromatic heterocycles. The third-order valence-electron chi connectivity index (χ3n) is 4.40. The van der Waals surface area contributed by atoms with Crippen LogP contribution in [0.1, 0.15) is 30.5 Å². The molecule has 0 unspecified atom stereocenters. The van der Waals surface area contributed by atoms with E-state index in [1.807, 2.05) is 69.3 Å². The van der Waals surface area contributed by atoms with Gasteiger partial charge in [0.25, 0.3) is 0 Å². The molecule has 0 aliphatic carbocycles. The fraction of sp³-hybridized carbons (Fsp3) is 0.350. The van der Waals surface area contributed by atoms with Gasteiger partial charge in [0, 0.05) is 12.2 Å². The van der Waals surface area contributed by atoms with Gasteiger partial charge in [-0.1, -0.05) is 42.0 Å². The van der Waals surface area contributed by atoms with E-state index in [1.54, 1.807) is 0 Å². The maximum atomic E-state index is 12.8. The molecule has 2 aromatic rings. The van der Waals surface area contributed by atoms with Gasteiger partial charge in [0.1, 0.15) is 5.25 Å². The molecule has 1 amide bonds. The van der Waals surface area contributed by atoms with Gasteiger partial charge in [-0.15, -0.1) is 0 Å².